The van der Waals surface area contributed by atoms with Crippen LogP contribution in [0.2, 0.25) is 0 Å². The smallest absolute Gasteiger partial charge is 0.205 e. The third-order valence-electron chi connectivity index (χ3n) is 1.90. The number of halogens is 1. The topological polar surface area (TPSA) is 47.3 Å². The van der Waals surface area contributed by atoms with Crippen molar-refractivity contribution in [2.75, 3.05) is 0 Å². The summed E-state index contributed by atoms with van der Waals surface area (Å²) in [5.41, 5.74) is 1.17. The molecule has 2 aromatic rings. The lowest BCUT2D eigenvalue weighted by Gasteiger charge is -1.96. The molecule has 0 spiro atoms. The zero-order valence-corrected chi connectivity index (χ0v) is 10.2. The van der Waals surface area contributed by atoms with Crippen LogP contribution in [0.1, 0.15) is 17.4 Å². The molecular weight excluding hydrogens is 305 g/mol. The minimum absolute atomic E-state index is 0.0838. The Labute approximate surface area is 100 Å². The maximum Gasteiger partial charge on any atom is 0.205 e. The van der Waals surface area contributed by atoms with Gasteiger partial charge in [0.05, 0.1) is 6.20 Å². The second kappa shape index (κ2) is 4.09. The number of fused-ring (bicyclic) bond motifs is 1. The lowest BCUT2D eigenvalue weighted by Crippen LogP contribution is -2.03. The van der Waals surface area contributed by atoms with Crippen molar-refractivity contribution in [2.24, 2.45) is 0 Å². The van der Waals surface area contributed by atoms with Crippen LogP contribution in [0, 0.1) is 3.70 Å². The van der Waals surface area contributed by atoms with Crippen LogP contribution in [0.25, 0.3) is 5.65 Å². The van der Waals surface area contributed by atoms with E-state index < -0.39 is 0 Å². The first-order chi connectivity index (χ1) is 7.22. The molecule has 0 aliphatic heterocycles. The molecule has 5 heteroatoms. The van der Waals surface area contributed by atoms with Crippen LogP contribution < -0.4 is 0 Å². The normalized spacial score (nSPS) is 11.3. The van der Waals surface area contributed by atoms with Crippen LogP contribution in [0.15, 0.2) is 30.5 Å². The molecule has 0 atom stereocenters. The van der Waals surface area contributed by atoms with Crippen LogP contribution in [-0.4, -0.2) is 20.4 Å². The Kier molecular flexibility index (Phi) is 2.81. The molecule has 2 aromatic heterocycles. The van der Waals surface area contributed by atoms with Crippen LogP contribution in [0.5, 0.6) is 0 Å². The van der Waals surface area contributed by atoms with Gasteiger partial charge in [-0.25, -0.2) is 9.50 Å². The molecule has 2 rings (SSSR count). The second-order valence-corrected chi connectivity index (χ2v) is 4.04. The van der Waals surface area contributed by atoms with Gasteiger partial charge >= 0.3 is 0 Å². The van der Waals surface area contributed by atoms with E-state index in [0.717, 1.165) is 3.70 Å². The van der Waals surface area contributed by atoms with Gasteiger partial charge in [-0.2, -0.15) is 5.10 Å². The molecule has 0 fully saturated rings. The Balaban J connectivity index is 2.61. The molecule has 0 radical (unpaired) electrons. The standard InChI is InChI=1S/C10H8IN3O/c1-2-3-8(15)7-6-12-10-5-4-9(11)13-14(7)10/h2-6H,1H3/b3-2-. The Bertz CT molecular complexity index is 545. The number of aromatic nitrogens is 3. The lowest BCUT2D eigenvalue weighted by atomic mass is 10.3. The Morgan fingerprint density at radius 1 is 1.53 bits per heavy atom. The average molecular weight is 313 g/mol. The Hall–Kier alpha value is -1.24. The number of ketones is 1. The van der Waals surface area contributed by atoms with Gasteiger partial charge in [-0.3, -0.25) is 4.79 Å². The van der Waals surface area contributed by atoms with Crippen LogP contribution in [0.4, 0.5) is 0 Å². The maximum absolute atomic E-state index is 11.6. The van der Waals surface area contributed by atoms with Crippen molar-refractivity contribution >= 4 is 34.0 Å². The molecule has 0 aliphatic carbocycles. The molecule has 0 amide bonds. The highest BCUT2D eigenvalue weighted by Gasteiger charge is 2.09. The summed E-state index contributed by atoms with van der Waals surface area (Å²) in [4.78, 5) is 15.7. The highest BCUT2D eigenvalue weighted by molar-refractivity contribution is 14.1. The molecule has 15 heavy (non-hydrogen) atoms. The van der Waals surface area contributed by atoms with E-state index in [-0.39, 0.29) is 5.78 Å². The predicted molar refractivity (Wildman–Crippen MR) is 64.8 cm³/mol. The molecule has 0 saturated heterocycles. The number of carbonyl (C=O) groups excluding carboxylic acids is 1. The van der Waals surface area contributed by atoms with Gasteiger partial charge in [0.15, 0.2) is 5.65 Å². The largest absolute Gasteiger partial charge is 0.287 e. The molecule has 0 aliphatic rings. The second-order valence-electron chi connectivity index (χ2n) is 2.93. The molecule has 0 saturated carbocycles. The molecule has 0 unspecified atom stereocenters. The molecule has 76 valence electrons. The van der Waals surface area contributed by atoms with Gasteiger partial charge in [0, 0.05) is 0 Å². The maximum atomic E-state index is 11.6. The van der Waals surface area contributed by atoms with Crippen molar-refractivity contribution in [1.82, 2.24) is 14.6 Å². The highest BCUT2D eigenvalue weighted by Crippen LogP contribution is 2.08. The summed E-state index contributed by atoms with van der Waals surface area (Å²) in [5, 5.41) is 4.23. The number of rotatable bonds is 2. The minimum Gasteiger partial charge on any atom is -0.287 e. The molecule has 0 N–H and O–H groups in total. The first-order valence-corrected chi connectivity index (χ1v) is 5.47. The summed E-state index contributed by atoms with van der Waals surface area (Å²) in [6, 6.07) is 3.69. The van der Waals surface area contributed by atoms with E-state index in [1.54, 1.807) is 23.7 Å². The van der Waals surface area contributed by atoms with Crippen molar-refractivity contribution in [1.29, 1.82) is 0 Å². The number of hydrogen-bond acceptors (Lipinski definition) is 3. The van der Waals surface area contributed by atoms with Crippen LogP contribution in [-0.2, 0) is 0 Å². The van der Waals surface area contributed by atoms with Gasteiger partial charge in [0.1, 0.15) is 9.39 Å². The lowest BCUT2D eigenvalue weighted by molar-refractivity contribution is 0.104. The van der Waals surface area contributed by atoms with E-state index in [1.165, 1.54) is 6.08 Å². The van der Waals surface area contributed by atoms with Crippen molar-refractivity contribution in [3.05, 3.63) is 39.9 Å². The quantitative estimate of drug-likeness (QED) is 0.484. The summed E-state index contributed by atoms with van der Waals surface area (Å²) in [5.74, 6) is -0.0838. The monoisotopic (exact) mass is 313 g/mol. The zero-order chi connectivity index (χ0) is 10.8. The number of carbonyl (C=O) groups is 1. The molecule has 4 nitrogen and oxygen atoms in total. The summed E-state index contributed by atoms with van der Waals surface area (Å²) < 4.78 is 2.39. The van der Waals surface area contributed by atoms with Crippen molar-refractivity contribution in [3.63, 3.8) is 0 Å². The SMILES string of the molecule is C/C=C\C(=O)c1cnc2ccc(I)nn12. The van der Waals surface area contributed by atoms with Gasteiger partial charge < -0.3 is 0 Å². The molecule has 0 bridgehead atoms. The van der Waals surface area contributed by atoms with E-state index in [2.05, 4.69) is 32.7 Å². The van der Waals surface area contributed by atoms with E-state index in [1.807, 2.05) is 12.1 Å². The number of allylic oxidation sites excluding steroid dienone is 2. The fourth-order valence-electron chi connectivity index (χ4n) is 1.26. The van der Waals surface area contributed by atoms with Crippen LogP contribution in [0.3, 0.4) is 0 Å². The summed E-state index contributed by atoms with van der Waals surface area (Å²) in [6.07, 6.45) is 4.75. The van der Waals surface area contributed by atoms with E-state index >= 15 is 0 Å². The van der Waals surface area contributed by atoms with Crippen molar-refractivity contribution in [3.8, 4) is 0 Å². The van der Waals surface area contributed by atoms with E-state index in [4.69, 9.17) is 0 Å². The highest BCUT2D eigenvalue weighted by atomic mass is 127. The number of imidazole rings is 1. The fraction of sp³-hybridized carbons (Fsp3) is 0.100. The Morgan fingerprint density at radius 3 is 3.07 bits per heavy atom. The van der Waals surface area contributed by atoms with Gasteiger partial charge in [-0.05, 0) is 47.7 Å². The minimum atomic E-state index is -0.0838. The Morgan fingerprint density at radius 2 is 2.33 bits per heavy atom. The molecular formula is C10H8IN3O. The third-order valence-corrected chi connectivity index (χ3v) is 2.48. The van der Waals surface area contributed by atoms with Gasteiger partial charge in [0.2, 0.25) is 5.78 Å². The molecule has 2 heterocycles. The van der Waals surface area contributed by atoms with Crippen LogP contribution >= 0.6 is 22.6 Å². The zero-order valence-electron chi connectivity index (χ0n) is 8.01. The number of nitrogens with zero attached hydrogens (tertiary/aromatic N) is 3. The van der Waals surface area contributed by atoms with E-state index in [0.29, 0.717) is 11.3 Å². The fourth-order valence-corrected chi connectivity index (χ4v) is 1.65. The van der Waals surface area contributed by atoms with Crippen molar-refractivity contribution in [2.45, 2.75) is 6.92 Å². The summed E-state index contributed by atoms with van der Waals surface area (Å²) >= 11 is 2.10. The summed E-state index contributed by atoms with van der Waals surface area (Å²) in [7, 11) is 0. The molecule has 0 aromatic carbocycles. The van der Waals surface area contributed by atoms with Crippen molar-refractivity contribution < 1.29 is 4.79 Å². The first kappa shape index (κ1) is 10.3. The number of hydrogen-bond donors (Lipinski definition) is 0. The van der Waals surface area contributed by atoms with Gasteiger partial charge in [-0.1, -0.05) is 6.08 Å². The van der Waals surface area contributed by atoms with E-state index in [9.17, 15) is 4.79 Å². The van der Waals surface area contributed by atoms with Gasteiger partial charge in [-0.15, -0.1) is 0 Å². The first-order valence-electron chi connectivity index (χ1n) is 4.39. The average Bonchev–Trinajstić information content (AvgIpc) is 2.60. The summed E-state index contributed by atoms with van der Waals surface area (Å²) in [6.45, 7) is 1.80. The predicted octanol–water partition coefficient (Wildman–Crippen LogP) is 2.09. The van der Waals surface area contributed by atoms with Gasteiger partial charge in [0.25, 0.3) is 0 Å². The third kappa shape index (κ3) is 1.92.